The lowest BCUT2D eigenvalue weighted by atomic mass is 9.97. The standard InChI is InChI=1S/C28H32N4O5/c1-3-16-36-19(2)24(29)27(34)31-15-14-23-25(31)22(26(33)30-21-12-8-5-9-13-21)17-32(23)28(35)37-18-20-10-6-4-7-11-20/h1,4-13,19,22-25H,14-18,29H2,2H3,(H,30,33)/t19?,22-,23+,24?,25+/m0/s1. The van der Waals surface area contributed by atoms with E-state index in [2.05, 4.69) is 11.2 Å². The van der Waals surface area contributed by atoms with Gasteiger partial charge in [0, 0.05) is 18.8 Å². The van der Waals surface area contributed by atoms with Crippen molar-refractivity contribution in [2.45, 2.75) is 44.2 Å². The number of para-hydroxylation sites is 1. The average Bonchev–Trinajstić information content (AvgIpc) is 3.51. The van der Waals surface area contributed by atoms with Crippen molar-refractivity contribution in [2.24, 2.45) is 11.7 Å². The molecule has 0 spiro atoms. The summed E-state index contributed by atoms with van der Waals surface area (Å²) in [4.78, 5) is 43.1. The van der Waals surface area contributed by atoms with Gasteiger partial charge in [0.05, 0.1) is 24.1 Å². The molecule has 9 heteroatoms. The van der Waals surface area contributed by atoms with Crippen molar-refractivity contribution in [1.82, 2.24) is 9.80 Å². The summed E-state index contributed by atoms with van der Waals surface area (Å²) in [6.07, 6.45) is 4.65. The number of nitrogens with two attached hydrogens (primary N) is 1. The smallest absolute Gasteiger partial charge is 0.410 e. The van der Waals surface area contributed by atoms with E-state index in [-0.39, 0.29) is 37.6 Å². The summed E-state index contributed by atoms with van der Waals surface area (Å²) in [6.45, 7) is 2.34. The van der Waals surface area contributed by atoms with Crippen LogP contribution in [0.5, 0.6) is 0 Å². The molecule has 2 heterocycles. The fourth-order valence-electron chi connectivity index (χ4n) is 5.02. The minimum absolute atomic E-state index is 0.0390. The number of terminal acetylenes is 1. The number of hydrogen-bond acceptors (Lipinski definition) is 6. The van der Waals surface area contributed by atoms with Crippen LogP contribution in [0.3, 0.4) is 0 Å². The summed E-state index contributed by atoms with van der Waals surface area (Å²) < 4.78 is 11.0. The van der Waals surface area contributed by atoms with Gasteiger partial charge in [0.25, 0.3) is 0 Å². The first-order valence-corrected chi connectivity index (χ1v) is 12.3. The van der Waals surface area contributed by atoms with Crippen molar-refractivity contribution in [3.63, 3.8) is 0 Å². The summed E-state index contributed by atoms with van der Waals surface area (Å²) in [5.74, 6) is 1.10. The van der Waals surface area contributed by atoms with E-state index in [0.717, 1.165) is 5.56 Å². The topological polar surface area (TPSA) is 114 Å². The van der Waals surface area contributed by atoms with Gasteiger partial charge in [-0.3, -0.25) is 9.59 Å². The molecule has 2 aromatic rings. The first-order valence-electron chi connectivity index (χ1n) is 12.3. The number of hydrogen-bond donors (Lipinski definition) is 2. The Hall–Kier alpha value is -3.87. The maximum atomic E-state index is 13.4. The monoisotopic (exact) mass is 504 g/mol. The van der Waals surface area contributed by atoms with Gasteiger partial charge in [-0.15, -0.1) is 6.42 Å². The second-order valence-corrected chi connectivity index (χ2v) is 9.28. The van der Waals surface area contributed by atoms with Crippen LogP contribution in [0.1, 0.15) is 18.9 Å². The Balaban J connectivity index is 1.53. The molecule has 194 valence electrons. The maximum absolute atomic E-state index is 13.4. The van der Waals surface area contributed by atoms with E-state index in [4.69, 9.17) is 21.6 Å². The first-order chi connectivity index (χ1) is 17.9. The van der Waals surface area contributed by atoms with Gasteiger partial charge in [-0.25, -0.2) is 4.79 Å². The maximum Gasteiger partial charge on any atom is 0.410 e. The Morgan fingerprint density at radius 3 is 2.46 bits per heavy atom. The molecule has 3 N–H and O–H groups in total. The first kappa shape index (κ1) is 26.2. The zero-order valence-electron chi connectivity index (χ0n) is 20.8. The van der Waals surface area contributed by atoms with E-state index in [9.17, 15) is 14.4 Å². The van der Waals surface area contributed by atoms with Crippen molar-refractivity contribution in [3.05, 3.63) is 66.2 Å². The minimum Gasteiger partial charge on any atom is -0.445 e. The molecule has 2 saturated heterocycles. The molecule has 0 radical (unpaired) electrons. The van der Waals surface area contributed by atoms with E-state index in [1.807, 2.05) is 48.5 Å². The normalized spacial score (nSPS) is 22.0. The van der Waals surface area contributed by atoms with Crippen molar-refractivity contribution >= 4 is 23.6 Å². The quantitative estimate of drug-likeness (QED) is 0.533. The van der Waals surface area contributed by atoms with Gasteiger partial charge < -0.3 is 30.3 Å². The van der Waals surface area contributed by atoms with Crippen LogP contribution in [0, 0.1) is 18.3 Å². The summed E-state index contributed by atoms with van der Waals surface area (Å²) in [5, 5.41) is 2.92. The zero-order chi connectivity index (χ0) is 26.4. The van der Waals surface area contributed by atoms with Crippen LogP contribution >= 0.6 is 0 Å². The number of benzene rings is 2. The lowest BCUT2D eigenvalue weighted by Crippen LogP contribution is -2.54. The number of carbonyl (C=O) groups excluding carboxylic acids is 3. The molecule has 2 aliphatic heterocycles. The molecule has 2 unspecified atom stereocenters. The zero-order valence-corrected chi connectivity index (χ0v) is 20.8. The van der Waals surface area contributed by atoms with Gasteiger partial charge in [0.2, 0.25) is 11.8 Å². The van der Waals surface area contributed by atoms with Crippen LogP contribution in [0.4, 0.5) is 10.5 Å². The molecule has 0 saturated carbocycles. The Bertz CT molecular complexity index is 1140. The third-order valence-electron chi connectivity index (χ3n) is 6.95. The highest BCUT2D eigenvalue weighted by atomic mass is 16.6. The number of nitrogens with zero attached hydrogens (tertiary/aromatic N) is 2. The third-order valence-corrected chi connectivity index (χ3v) is 6.95. The summed E-state index contributed by atoms with van der Waals surface area (Å²) in [6, 6.07) is 16.6. The Morgan fingerprint density at radius 2 is 1.78 bits per heavy atom. The number of nitrogens with one attached hydrogen (secondary N) is 1. The predicted octanol–water partition coefficient (Wildman–Crippen LogP) is 2.23. The number of fused-ring (bicyclic) bond motifs is 1. The summed E-state index contributed by atoms with van der Waals surface area (Å²) >= 11 is 0. The van der Waals surface area contributed by atoms with Gasteiger partial charge in [0.15, 0.2) is 0 Å². The molecule has 4 rings (SSSR count). The largest absolute Gasteiger partial charge is 0.445 e. The minimum atomic E-state index is -0.955. The lowest BCUT2D eigenvalue weighted by molar-refractivity contribution is -0.138. The molecule has 0 aromatic heterocycles. The number of amides is 3. The van der Waals surface area contributed by atoms with Gasteiger partial charge in [-0.05, 0) is 31.0 Å². The average molecular weight is 505 g/mol. The fraction of sp³-hybridized carbons (Fsp3) is 0.393. The van der Waals surface area contributed by atoms with Crippen molar-refractivity contribution < 1.29 is 23.9 Å². The van der Waals surface area contributed by atoms with Crippen LogP contribution in [-0.4, -0.2) is 71.6 Å². The van der Waals surface area contributed by atoms with Gasteiger partial charge in [-0.1, -0.05) is 54.5 Å². The van der Waals surface area contributed by atoms with Gasteiger partial charge in [-0.2, -0.15) is 0 Å². The van der Waals surface area contributed by atoms with E-state index < -0.39 is 30.2 Å². The predicted molar refractivity (Wildman–Crippen MR) is 138 cm³/mol. The molecule has 0 bridgehead atoms. The summed E-state index contributed by atoms with van der Waals surface area (Å²) in [5.41, 5.74) is 7.72. The molecule has 2 fully saturated rings. The van der Waals surface area contributed by atoms with Crippen LogP contribution in [-0.2, 0) is 25.7 Å². The molecule has 0 aliphatic carbocycles. The second-order valence-electron chi connectivity index (χ2n) is 9.28. The Morgan fingerprint density at radius 1 is 1.11 bits per heavy atom. The number of ether oxygens (including phenoxy) is 2. The molecular formula is C28H32N4O5. The molecule has 5 atom stereocenters. The molecular weight excluding hydrogens is 472 g/mol. The van der Waals surface area contributed by atoms with Crippen LogP contribution in [0.2, 0.25) is 0 Å². The SMILES string of the molecule is C#CCOC(C)C(N)C(=O)N1CC[C@@H]2[C@H]1[C@@H](C(=O)Nc1ccccc1)CN2C(=O)OCc1ccccc1. The third kappa shape index (κ3) is 5.93. The number of carbonyl (C=O) groups is 3. The van der Waals surface area contributed by atoms with Crippen molar-refractivity contribution in [2.75, 3.05) is 25.0 Å². The summed E-state index contributed by atoms with van der Waals surface area (Å²) in [7, 11) is 0. The highest BCUT2D eigenvalue weighted by molar-refractivity contribution is 5.95. The Labute approximate surface area is 216 Å². The Kier molecular flexibility index (Phi) is 8.43. The number of anilines is 1. The van der Waals surface area contributed by atoms with Gasteiger partial charge >= 0.3 is 6.09 Å². The molecule has 2 aromatic carbocycles. The van der Waals surface area contributed by atoms with Crippen molar-refractivity contribution in [3.8, 4) is 12.3 Å². The molecule has 37 heavy (non-hydrogen) atoms. The highest BCUT2D eigenvalue weighted by Gasteiger charge is 2.55. The van der Waals surface area contributed by atoms with E-state index in [1.54, 1.807) is 28.9 Å². The van der Waals surface area contributed by atoms with E-state index in [1.165, 1.54) is 0 Å². The number of rotatable bonds is 8. The molecule has 2 aliphatic rings. The number of likely N-dealkylation sites (tertiary alicyclic amines) is 2. The van der Waals surface area contributed by atoms with Crippen LogP contribution in [0.15, 0.2) is 60.7 Å². The van der Waals surface area contributed by atoms with E-state index in [0.29, 0.717) is 18.7 Å². The van der Waals surface area contributed by atoms with Crippen LogP contribution < -0.4 is 11.1 Å². The second kappa shape index (κ2) is 11.9. The van der Waals surface area contributed by atoms with E-state index >= 15 is 0 Å². The highest BCUT2D eigenvalue weighted by Crippen LogP contribution is 2.37. The van der Waals surface area contributed by atoms with Crippen molar-refractivity contribution in [1.29, 1.82) is 0 Å². The molecule has 3 amide bonds. The van der Waals surface area contributed by atoms with Gasteiger partial charge in [0.1, 0.15) is 19.3 Å². The molecule has 9 nitrogen and oxygen atoms in total. The van der Waals surface area contributed by atoms with Crippen LogP contribution in [0.25, 0.3) is 0 Å². The fourth-order valence-corrected chi connectivity index (χ4v) is 5.02. The lowest BCUT2D eigenvalue weighted by Gasteiger charge is -2.31.